The van der Waals surface area contributed by atoms with Crippen LogP contribution in [0.5, 0.6) is 0 Å². The van der Waals surface area contributed by atoms with E-state index >= 15 is 0 Å². The molecule has 3 aromatic heterocycles. The van der Waals surface area contributed by atoms with Crippen LogP contribution in [-0.2, 0) is 4.79 Å². The lowest BCUT2D eigenvalue weighted by Crippen LogP contribution is -2.37. The number of anilines is 1. The average Bonchev–Trinajstić information content (AvgIpc) is 3.50. The summed E-state index contributed by atoms with van der Waals surface area (Å²) in [7, 11) is 0. The van der Waals surface area contributed by atoms with Gasteiger partial charge in [-0.15, -0.1) is 0 Å². The summed E-state index contributed by atoms with van der Waals surface area (Å²) in [4.78, 5) is 17.8. The van der Waals surface area contributed by atoms with E-state index < -0.39 is 0 Å². The number of hydrogen-bond donors (Lipinski definition) is 2. The van der Waals surface area contributed by atoms with E-state index in [-0.39, 0.29) is 5.91 Å². The minimum atomic E-state index is 0.143. The molecular formula is C24H32N6O2. The number of nitrogens with zero attached hydrogens (tertiary/aromatic N) is 4. The fourth-order valence-corrected chi connectivity index (χ4v) is 4.40. The molecule has 170 valence electrons. The first-order valence-corrected chi connectivity index (χ1v) is 11.5. The number of fused-ring (bicyclic) bond motifs is 1. The minimum absolute atomic E-state index is 0.143. The van der Waals surface area contributed by atoms with Crippen molar-refractivity contribution in [1.82, 2.24) is 25.0 Å². The molecule has 0 aromatic carbocycles. The lowest BCUT2D eigenvalue weighted by atomic mass is 10.0. The Kier molecular flexibility index (Phi) is 6.60. The second-order valence-corrected chi connectivity index (χ2v) is 8.04. The van der Waals surface area contributed by atoms with E-state index in [0.717, 1.165) is 67.7 Å². The highest BCUT2D eigenvalue weighted by Gasteiger charge is 2.23. The Morgan fingerprint density at radius 1 is 1.25 bits per heavy atom. The number of carbonyl (C=O) groups excluding carboxylic acids is 1. The van der Waals surface area contributed by atoms with Crippen LogP contribution in [0.15, 0.2) is 35.2 Å². The zero-order valence-corrected chi connectivity index (χ0v) is 19.1. The maximum Gasteiger partial charge on any atom is 0.219 e. The normalized spacial score (nSPS) is 17.1. The summed E-state index contributed by atoms with van der Waals surface area (Å²) in [6, 6.07) is 2.37. The maximum atomic E-state index is 11.6. The zero-order chi connectivity index (χ0) is 22.7. The molecule has 2 aliphatic heterocycles. The summed E-state index contributed by atoms with van der Waals surface area (Å²) in [5.41, 5.74) is 9.90. The van der Waals surface area contributed by atoms with E-state index in [1.165, 1.54) is 5.57 Å². The third kappa shape index (κ3) is 4.27. The lowest BCUT2D eigenvalue weighted by Gasteiger charge is -2.31. The molecule has 3 N–H and O–H groups in total. The van der Waals surface area contributed by atoms with Gasteiger partial charge in [-0.05, 0) is 37.4 Å². The van der Waals surface area contributed by atoms with Gasteiger partial charge in [0.15, 0.2) is 11.4 Å². The van der Waals surface area contributed by atoms with Gasteiger partial charge >= 0.3 is 0 Å². The van der Waals surface area contributed by atoms with Gasteiger partial charge in [0.25, 0.3) is 0 Å². The number of hydrogen-bond acceptors (Lipinski definition) is 6. The van der Waals surface area contributed by atoms with Gasteiger partial charge in [-0.1, -0.05) is 19.9 Å². The molecule has 2 aliphatic rings. The number of amides is 1. The molecule has 0 radical (unpaired) electrons. The predicted molar refractivity (Wildman–Crippen MR) is 127 cm³/mol. The Bertz CT molecular complexity index is 1120. The average molecular weight is 437 g/mol. The van der Waals surface area contributed by atoms with Crippen molar-refractivity contribution < 1.29 is 9.21 Å². The number of pyridine rings is 1. The van der Waals surface area contributed by atoms with Gasteiger partial charge in [-0.2, -0.15) is 5.10 Å². The van der Waals surface area contributed by atoms with E-state index in [9.17, 15) is 4.79 Å². The highest BCUT2D eigenvalue weighted by atomic mass is 16.3. The molecule has 0 atom stereocenters. The van der Waals surface area contributed by atoms with Crippen LogP contribution in [0, 0.1) is 0 Å². The van der Waals surface area contributed by atoms with Crippen LogP contribution >= 0.6 is 0 Å². The Labute approximate surface area is 188 Å². The third-order valence-electron chi connectivity index (χ3n) is 6.16. The molecule has 1 amide bonds. The van der Waals surface area contributed by atoms with Gasteiger partial charge in [-0.3, -0.25) is 9.48 Å². The summed E-state index contributed by atoms with van der Waals surface area (Å²) < 4.78 is 8.13. The molecule has 5 heterocycles. The first kappa shape index (κ1) is 22.1. The van der Waals surface area contributed by atoms with Gasteiger partial charge in [0.05, 0.1) is 12.2 Å². The van der Waals surface area contributed by atoms with Crippen LogP contribution in [0.1, 0.15) is 51.8 Å². The van der Waals surface area contributed by atoms with Crippen molar-refractivity contribution in [1.29, 1.82) is 0 Å². The fraction of sp³-hybridized carbons (Fsp3) is 0.458. The smallest absolute Gasteiger partial charge is 0.219 e. The number of nitrogen functional groups attached to an aromatic ring is 1. The Balaban J connectivity index is 0.00000119. The lowest BCUT2D eigenvalue weighted by molar-refractivity contribution is -0.130. The van der Waals surface area contributed by atoms with Crippen molar-refractivity contribution >= 4 is 28.3 Å². The molecule has 5 rings (SSSR count). The summed E-state index contributed by atoms with van der Waals surface area (Å²) >= 11 is 0. The van der Waals surface area contributed by atoms with Crippen LogP contribution in [0.4, 0.5) is 5.82 Å². The maximum absolute atomic E-state index is 11.6. The van der Waals surface area contributed by atoms with E-state index in [4.69, 9.17) is 10.2 Å². The molecular weight excluding hydrogens is 404 g/mol. The molecule has 0 unspecified atom stereocenters. The number of piperidine rings is 1. The fourth-order valence-electron chi connectivity index (χ4n) is 4.40. The summed E-state index contributed by atoms with van der Waals surface area (Å²) in [5, 5.41) is 8.90. The van der Waals surface area contributed by atoms with Gasteiger partial charge < -0.3 is 20.4 Å². The van der Waals surface area contributed by atoms with Gasteiger partial charge in [-0.25, -0.2) is 4.98 Å². The van der Waals surface area contributed by atoms with Crippen LogP contribution in [0.25, 0.3) is 27.7 Å². The van der Waals surface area contributed by atoms with E-state index in [0.29, 0.717) is 17.4 Å². The number of likely N-dealkylation sites (tertiary alicyclic amines) is 1. The van der Waals surface area contributed by atoms with Gasteiger partial charge in [0, 0.05) is 55.5 Å². The van der Waals surface area contributed by atoms with E-state index in [1.54, 1.807) is 13.1 Å². The molecule has 0 bridgehead atoms. The zero-order valence-electron chi connectivity index (χ0n) is 19.1. The molecule has 0 spiro atoms. The van der Waals surface area contributed by atoms with Crippen LogP contribution in [0.2, 0.25) is 0 Å². The monoisotopic (exact) mass is 436 g/mol. The summed E-state index contributed by atoms with van der Waals surface area (Å²) in [5.74, 6) is 1.40. The molecule has 1 saturated heterocycles. The number of furan rings is 1. The molecule has 0 aliphatic carbocycles. The number of aromatic nitrogens is 3. The second kappa shape index (κ2) is 9.56. The van der Waals surface area contributed by atoms with Crippen molar-refractivity contribution in [2.45, 2.75) is 46.1 Å². The molecule has 8 heteroatoms. The standard InChI is InChI=1S/C22H26N6O2.C2H6/c1-14(29)27-8-4-17(5-9-27)28-13-16(11-26-28)19-12-25-22(23)21-18(19)10-20(30-21)15-2-6-24-7-3-15;1-2/h2,10-13,17,24H,3-9H2,1H3,(H2,23,25);1-2H3. The number of rotatable bonds is 3. The predicted octanol–water partition coefficient (Wildman–Crippen LogP) is 3.86. The molecule has 32 heavy (non-hydrogen) atoms. The second-order valence-electron chi connectivity index (χ2n) is 8.04. The number of nitrogens with two attached hydrogens (primary N) is 1. The number of carbonyl (C=O) groups is 1. The Morgan fingerprint density at radius 3 is 2.72 bits per heavy atom. The Hall–Kier alpha value is -3.13. The molecule has 1 fully saturated rings. The third-order valence-corrected chi connectivity index (χ3v) is 6.16. The highest BCUT2D eigenvalue weighted by Crippen LogP contribution is 2.36. The first-order valence-electron chi connectivity index (χ1n) is 11.5. The molecule has 0 saturated carbocycles. The van der Waals surface area contributed by atoms with Crippen molar-refractivity contribution in [2.24, 2.45) is 0 Å². The van der Waals surface area contributed by atoms with E-state index in [2.05, 4.69) is 33.7 Å². The van der Waals surface area contributed by atoms with Crippen LogP contribution in [0.3, 0.4) is 0 Å². The molecule has 3 aromatic rings. The van der Waals surface area contributed by atoms with Gasteiger partial charge in [0.1, 0.15) is 5.76 Å². The largest absolute Gasteiger partial charge is 0.453 e. The summed E-state index contributed by atoms with van der Waals surface area (Å²) in [6.07, 6.45) is 10.7. The highest BCUT2D eigenvalue weighted by molar-refractivity contribution is 5.99. The van der Waals surface area contributed by atoms with Gasteiger partial charge in [0.2, 0.25) is 5.91 Å². The van der Waals surface area contributed by atoms with Crippen molar-refractivity contribution in [3.63, 3.8) is 0 Å². The van der Waals surface area contributed by atoms with E-state index in [1.807, 2.05) is 29.6 Å². The minimum Gasteiger partial charge on any atom is -0.453 e. The van der Waals surface area contributed by atoms with Crippen LogP contribution in [-0.4, -0.2) is 51.8 Å². The Morgan fingerprint density at radius 2 is 2.03 bits per heavy atom. The van der Waals surface area contributed by atoms with Crippen molar-refractivity contribution in [2.75, 3.05) is 31.9 Å². The summed E-state index contributed by atoms with van der Waals surface area (Å²) in [6.45, 7) is 8.97. The van der Waals surface area contributed by atoms with Crippen molar-refractivity contribution in [3.05, 3.63) is 36.5 Å². The quantitative estimate of drug-likeness (QED) is 0.646. The first-order chi connectivity index (χ1) is 15.6. The topological polar surface area (TPSA) is 102 Å². The SMILES string of the molecule is CC.CC(=O)N1CCC(n2cc(-c3cnc(N)c4oc(C5=CCNCC5)cc34)cn2)CC1. The van der Waals surface area contributed by atoms with Crippen molar-refractivity contribution in [3.8, 4) is 11.1 Å². The van der Waals surface area contributed by atoms with Crippen LogP contribution < -0.4 is 11.1 Å². The molecule has 8 nitrogen and oxygen atoms in total. The number of nitrogens with one attached hydrogen (secondary N) is 1.